The molecule has 0 atom stereocenters. The van der Waals surface area contributed by atoms with Gasteiger partial charge in [0.25, 0.3) is 0 Å². The SMILES string of the molecule is CC(C)(N)CNC(=O)C1(c2ccc(Cl)c(Cl)c2)CCC1.Cl. The fourth-order valence-corrected chi connectivity index (χ4v) is 2.75. The van der Waals surface area contributed by atoms with E-state index in [-0.39, 0.29) is 18.3 Å². The van der Waals surface area contributed by atoms with Crippen LogP contribution >= 0.6 is 35.6 Å². The molecule has 0 heterocycles. The summed E-state index contributed by atoms with van der Waals surface area (Å²) in [6, 6.07) is 5.44. The van der Waals surface area contributed by atoms with Gasteiger partial charge in [-0.05, 0) is 44.4 Å². The predicted octanol–water partition coefficient (Wildman–Crippen LogP) is 3.69. The molecule has 0 bridgehead atoms. The van der Waals surface area contributed by atoms with Gasteiger partial charge in [0.05, 0.1) is 15.5 Å². The molecule has 0 radical (unpaired) electrons. The number of halogens is 3. The Morgan fingerprint density at radius 3 is 2.38 bits per heavy atom. The highest BCUT2D eigenvalue weighted by atomic mass is 35.5. The maximum Gasteiger partial charge on any atom is 0.230 e. The van der Waals surface area contributed by atoms with Crippen LogP contribution in [0.25, 0.3) is 0 Å². The minimum Gasteiger partial charge on any atom is -0.354 e. The normalized spacial score (nSPS) is 16.6. The lowest BCUT2D eigenvalue weighted by Gasteiger charge is -2.41. The van der Waals surface area contributed by atoms with E-state index in [4.69, 9.17) is 28.9 Å². The number of nitrogens with one attached hydrogen (secondary N) is 1. The predicted molar refractivity (Wildman–Crippen MR) is 90.5 cm³/mol. The largest absolute Gasteiger partial charge is 0.354 e. The lowest BCUT2D eigenvalue weighted by atomic mass is 9.63. The molecule has 1 fully saturated rings. The third kappa shape index (κ3) is 4.04. The van der Waals surface area contributed by atoms with Gasteiger partial charge in [-0.3, -0.25) is 4.79 Å². The summed E-state index contributed by atoms with van der Waals surface area (Å²) in [6.07, 6.45) is 2.71. The second-order valence-corrected chi connectivity index (χ2v) is 7.05. The second-order valence-electron chi connectivity index (χ2n) is 6.24. The number of hydrogen-bond acceptors (Lipinski definition) is 2. The van der Waals surface area contributed by atoms with Gasteiger partial charge in [-0.2, -0.15) is 0 Å². The Morgan fingerprint density at radius 1 is 1.33 bits per heavy atom. The maximum atomic E-state index is 12.5. The molecule has 3 N–H and O–H groups in total. The van der Waals surface area contributed by atoms with Gasteiger partial charge in [0, 0.05) is 12.1 Å². The smallest absolute Gasteiger partial charge is 0.230 e. The van der Waals surface area contributed by atoms with E-state index in [0.717, 1.165) is 24.8 Å². The van der Waals surface area contributed by atoms with E-state index in [1.165, 1.54) is 0 Å². The average Bonchev–Trinajstić information content (AvgIpc) is 2.29. The molecule has 1 saturated carbocycles. The van der Waals surface area contributed by atoms with E-state index in [0.29, 0.717) is 16.6 Å². The van der Waals surface area contributed by atoms with E-state index in [1.807, 2.05) is 19.9 Å². The Hall–Kier alpha value is -0.480. The Bertz CT molecular complexity index is 522. The van der Waals surface area contributed by atoms with Crippen LogP contribution in [0.15, 0.2) is 18.2 Å². The number of nitrogens with two attached hydrogens (primary N) is 1. The van der Waals surface area contributed by atoms with Crippen molar-refractivity contribution in [2.45, 2.75) is 44.1 Å². The summed E-state index contributed by atoms with van der Waals surface area (Å²) >= 11 is 12.0. The number of hydrogen-bond donors (Lipinski definition) is 2. The minimum atomic E-state index is -0.473. The van der Waals surface area contributed by atoms with Crippen LogP contribution in [0.1, 0.15) is 38.7 Å². The summed E-state index contributed by atoms with van der Waals surface area (Å²) < 4.78 is 0. The van der Waals surface area contributed by atoms with E-state index in [9.17, 15) is 4.79 Å². The van der Waals surface area contributed by atoms with Crippen molar-refractivity contribution in [2.75, 3.05) is 6.54 Å². The molecule has 118 valence electrons. The first kappa shape index (κ1) is 18.6. The van der Waals surface area contributed by atoms with Gasteiger partial charge in [-0.15, -0.1) is 12.4 Å². The molecule has 0 spiro atoms. The van der Waals surface area contributed by atoms with Crippen molar-refractivity contribution in [1.82, 2.24) is 5.32 Å². The molecule has 1 aromatic carbocycles. The molecule has 0 aliphatic heterocycles. The van der Waals surface area contributed by atoms with Crippen LogP contribution in [-0.4, -0.2) is 18.0 Å². The van der Waals surface area contributed by atoms with Crippen molar-refractivity contribution in [3.63, 3.8) is 0 Å². The van der Waals surface area contributed by atoms with Crippen LogP contribution in [-0.2, 0) is 10.2 Å². The van der Waals surface area contributed by atoms with Crippen molar-refractivity contribution in [2.24, 2.45) is 5.73 Å². The van der Waals surface area contributed by atoms with Crippen LogP contribution in [0.2, 0.25) is 10.0 Å². The molecule has 1 aliphatic rings. The Balaban J connectivity index is 0.00000220. The van der Waals surface area contributed by atoms with Gasteiger partial charge >= 0.3 is 0 Å². The standard InChI is InChI=1S/C15H20Cl2N2O.ClH/c1-14(2,18)9-19-13(20)15(6-3-7-15)10-4-5-11(16)12(17)8-10;/h4-5,8H,3,6-7,9,18H2,1-2H3,(H,19,20);1H. The van der Waals surface area contributed by atoms with E-state index in [1.54, 1.807) is 12.1 Å². The molecule has 6 heteroatoms. The topological polar surface area (TPSA) is 55.1 Å². The van der Waals surface area contributed by atoms with Gasteiger partial charge in [0.2, 0.25) is 5.91 Å². The highest BCUT2D eigenvalue weighted by molar-refractivity contribution is 6.42. The molecule has 0 saturated heterocycles. The molecule has 1 aromatic rings. The van der Waals surface area contributed by atoms with Gasteiger partial charge < -0.3 is 11.1 Å². The van der Waals surface area contributed by atoms with Crippen LogP contribution < -0.4 is 11.1 Å². The van der Waals surface area contributed by atoms with Gasteiger partial charge in [-0.1, -0.05) is 35.7 Å². The second kappa shape index (κ2) is 6.74. The summed E-state index contributed by atoms with van der Waals surface area (Å²) in [7, 11) is 0. The molecule has 3 nitrogen and oxygen atoms in total. The van der Waals surface area contributed by atoms with E-state index >= 15 is 0 Å². The van der Waals surface area contributed by atoms with Crippen molar-refractivity contribution in [3.8, 4) is 0 Å². The quantitative estimate of drug-likeness (QED) is 0.869. The molecule has 21 heavy (non-hydrogen) atoms. The van der Waals surface area contributed by atoms with Gasteiger partial charge in [0.1, 0.15) is 0 Å². The number of rotatable bonds is 4. The monoisotopic (exact) mass is 350 g/mol. The van der Waals surface area contributed by atoms with Crippen molar-refractivity contribution >= 4 is 41.5 Å². The Kier molecular flexibility index (Phi) is 5.96. The lowest BCUT2D eigenvalue weighted by Crippen LogP contribution is -2.53. The Labute approximate surface area is 142 Å². The highest BCUT2D eigenvalue weighted by Gasteiger charge is 2.45. The molecular weight excluding hydrogens is 331 g/mol. The zero-order valence-corrected chi connectivity index (χ0v) is 14.5. The Morgan fingerprint density at radius 2 is 1.95 bits per heavy atom. The molecule has 1 amide bonds. The van der Waals surface area contributed by atoms with Crippen molar-refractivity contribution < 1.29 is 4.79 Å². The lowest BCUT2D eigenvalue weighted by molar-refractivity contribution is -0.130. The number of carbonyl (C=O) groups is 1. The number of benzene rings is 1. The first-order valence-electron chi connectivity index (χ1n) is 6.77. The zero-order valence-electron chi connectivity index (χ0n) is 12.2. The first-order chi connectivity index (χ1) is 9.24. The summed E-state index contributed by atoms with van der Waals surface area (Å²) in [5.74, 6) is 0.0284. The molecule has 0 unspecified atom stereocenters. The van der Waals surface area contributed by atoms with E-state index < -0.39 is 11.0 Å². The van der Waals surface area contributed by atoms with E-state index in [2.05, 4.69) is 5.32 Å². The summed E-state index contributed by atoms with van der Waals surface area (Å²) in [5.41, 5.74) is 5.96. The third-order valence-corrected chi connectivity index (χ3v) is 4.56. The molecule has 1 aliphatic carbocycles. The first-order valence-corrected chi connectivity index (χ1v) is 7.53. The third-order valence-electron chi connectivity index (χ3n) is 3.82. The average molecular weight is 352 g/mol. The maximum absolute atomic E-state index is 12.5. The molecule has 0 aromatic heterocycles. The van der Waals surface area contributed by atoms with Gasteiger partial charge in [0.15, 0.2) is 0 Å². The van der Waals surface area contributed by atoms with Crippen molar-refractivity contribution in [1.29, 1.82) is 0 Å². The fraction of sp³-hybridized carbons (Fsp3) is 0.533. The fourth-order valence-electron chi connectivity index (χ4n) is 2.45. The summed E-state index contributed by atoms with van der Waals surface area (Å²) in [5, 5.41) is 3.95. The zero-order chi connectivity index (χ0) is 15.0. The van der Waals surface area contributed by atoms with Gasteiger partial charge in [-0.25, -0.2) is 0 Å². The summed E-state index contributed by atoms with van der Waals surface area (Å²) in [6.45, 7) is 4.23. The number of carbonyl (C=O) groups excluding carboxylic acids is 1. The minimum absolute atomic E-state index is 0. The number of amides is 1. The van der Waals surface area contributed by atoms with Crippen LogP contribution in [0.5, 0.6) is 0 Å². The van der Waals surface area contributed by atoms with Crippen LogP contribution in [0.4, 0.5) is 0 Å². The molecule has 2 rings (SSSR count). The van der Waals surface area contributed by atoms with Crippen LogP contribution in [0.3, 0.4) is 0 Å². The highest BCUT2D eigenvalue weighted by Crippen LogP contribution is 2.45. The van der Waals surface area contributed by atoms with Crippen molar-refractivity contribution in [3.05, 3.63) is 33.8 Å². The van der Waals surface area contributed by atoms with Crippen LogP contribution in [0, 0.1) is 0 Å². The molecular formula is C15H21Cl3N2O. The summed E-state index contributed by atoms with van der Waals surface area (Å²) in [4.78, 5) is 12.5.